The molecule has 0 aliphatic rings. The molecule has 0 atom stereocenters. The number of aromatic nitrogens is 2. The van der Waals surface area contributed by atoms with E-state index in [2.05, 4.69) is 22.3 Å². The first-order valence-electron chi connectivity index (χ1n) is 7.04. The normalized spacial score (nSPS) is 10.0. The highest BCUT2D eigenvalue weighted by atomic mass is 16.2. The van der Waals surface area contributed by atoms with Crippen molar-refractivity contribution >= 4 is 29.2 Å². The Hall–Kier alpha value is -3.42. The van der Waals surface area contributed by atoms with Crippen molar-refractivity contribution in [2.45, 2.75) is 6.42 Å². The van der Waals surface area contributed by atoms with Gasteiger partial charge in [0.25, 0.3) is 5.91 Å². The monoisotopic (exact) mass is 327 g/mol. The van der Waals surface area contributed by atoms with Crippen LogP contribution >= 0.6 is 0 Å². The van der Waals surface area contributed by atoms with E-state index in [1.807, 2.05) is 0 Å². The van der Waals surface area contributed by atoms with Crippen LogP contribution in [0.3, 0.4) is 0 Å². The second-order valence-electron chi connectivity index (χ2n) is 5.04. The lowest BCUT2D eigenvalue weighted by atomic mass is 10.1. The largest absolute Gasteiger partial charge is 0.365 e. The van der Waals surface area contributed by atoms with Gasteiger partial charge in [0, 0.05) is 18.9 Å². The fraction of sp³-hybridized carbons (Fsp3) is 0.125. The molecule has 8 nitrogen and oxygen atoms in total. The van der Waals surface area contributed by atoms with Crippen molar-refractivity contribution in [1.82, 2.24) is 9.78 Å². The van der Waals surface area contributed by atoms with Gasteiger partial charge in [0.15, 0.2) is 5.82 Å². The van der Waals surface area contributed by atoms with Gasteiger partial charge >= 0.3 is 0 Å². The van der Waals surface area contributed by atoms with Gasteiger partial charge in [-0.25, -0.2) is 0 Å². The van der Waals surface area contributed by atoms with Crippen LogP contribution in [-0.4, -0.2) is 27.5 Å². The number of primary amides is 1. The number of hydrogen-bond donors (Lipinski definition) is 3. The van der Waals surface area contributed by atoms with E-state index in [1.54, 1.807) is 31.3 Å². The molecule has 0 bridgehead atoms. The van der Waals surface area contributed by atoms with Gasteiger partial charge in [-0.3, -0.25) is 19.1 Å². The van der Waals surface area contributed by atoms with E-state index in [0.717, 1.165) is 5.56 Å². The van der Waals surface area contributed by atoms with E-state index in [9.17, 15) is 14.4 Å². The molecule has 2 rings (SSSR count). The second kappa shape index (κ2) is 7.23. The standard InChI is InChI=1S/C16H17N5O3/c1-3-13(22)18-11-6-4-10(5-7-11)8-14(23)19-16-12(15(17)24)9-21(2)20-16/h3-7,9H,1,8H2,2H3,(H2,17,24)(H,18,22)(H,19,20,23). The molecule has 1 heterocycles. The minimum atomic E-state index is -0.666. The summed E-state index contributed by atoms with van der Waals surface area (Å²) in [6.07, 6.45) is 2.70. The maximum absolute atomic E-state index is 12.1. The SMILES string of the molecule is C=CC(=O)Nc1ccc(CC(=O)Nc2nn(C)cc2C(N)=O)cc1. The summed E-state index contributed by atoms with van der Waals surface area (Å²) in [4.78, 5) is 34.6. The highest BCUT2D eigenvalue weighted by Gasteiger charge is 2.15. The molecule has 0 saturated heterocycles. The van der Waals surface area contributed by atoms with Crippen LogP contribution in [0.4, 0.5) is 11.5 Å². The van der Waals surface area contributed by atoms with Gasteiger partial charge in [-0.05, 0) is 23.8 Å². The van der Waals surface area contributed by atoms with Crippen molar-refractivity contribution in [1.29, 1.82) is 0 Å². The maximum atomic E-state index is 12.1. The zero-order valence-electron chi connectivity index (χ0n) is 13.1. The number of amides is 3. The Labute approximate surface area is 138 Å². The van der Waals surface area contributed by atoms with Crippen molar-refractivity contribution in [2.24, 2.45) is 12.8 Å². The number of hydrogen-bond acceptors (Lipinski definition) is 4. The first-order chi connectivity index (χ1) is 11.4. The summed E-state index contributed by atoms with van der Waals surface area (Å²) >= 11 is 0. The van der Waals surface area contributed by atoms with Crippen molar-refractivity contribution in [2.75, 3.05) is 10.6 Å². The minimum absolute atomic E-state index is 0.0878. The molecule has 124 valence electrons. The van der Waals surface area contributed by atoms with Crippen LogP contribution in [-0.2, 0) is 23.1 Å². The fourth-order valence-electron chi connectivity index (χ4n) is 2.02. The fourth-order valence-corrected chi connectivity index (χ4v) is 2.02. The number of nitrogens with zero attached hydrogens (tertiary/aromatic N) is 2. The van der Waals surface area contributed by atoms with Crippen LogP contribution in [0.25, 0.3) is 0 Å². The molecule has 24 heavy (non-hydrogen) atoms. The summed E-state index contributed by atoms with van der Waals surface area (Å²) in [6, 6.07) is 6.79. The highest BCUT2D eigenvalue weighted by Crippen LogP contribution is 2.14. The Morgan fingerprint density at radius 1 is 1.25 bits per heavy atom. The van der Waals surface area contributed by atoms with Gasteiger partial charge in [0.05, 0.1) is 6.42 Å². The van der Waals surface area contributed by atoms with Gasteiger partial charge in [-0.1, -0.05) is 18.7 Å². The van der Waals surface area contributed by atoms with Gasteiger partial charge in [0.2, 0.25) is 11.8 Å². The number of aryl methyl sites for hydroxylation is 1. The molecule has 2 aromatic rings. The highest BCUT2D eigenvalue weighted by molar-refractivity contribution is 6.02. The molecule has 0 aliphatic carbocycles. The molecular formula is C16H17N5O3. The number of nitrogens with one attached hydrogen (secondary N) is 2. The summed E-state index contributed by atoms with van der Waals surface area (Å²) in [7, 11) is 1.62. The third-order valence-corrected chi connectivity index (χ3v) is 3.12. The Morgan fingerprint density at radius 3 is 2.50 bits per heavy atom. The van der Waals surface area contributed by atoms with Crippen LogP contribution < -0.4 is 16.4 Å². The molecule has 1 aromatic heterocycles. The molecule has 0 saturated carbocycles. The Kier molecular flexibility index (Phi) is 5.10. The number of carbonyl (C=O) groups excluding carboxylic acids is 3. The average Bonchev–Trinajstić information content (AvgIpc) is 2.89. The smallest absolute Gasteiger partial charge is 0.254 e. The zero-order valence-corrected chi connectivity index (χ0v) is 13.1. The summed E-state index contributed by atoms with van der Waals surface area (Å²) < 4.78 is 1.40. The molecule has 4 N–H and O–H groups in total. The number of anilines is 2. The first kappa shape index (κ1) is 16.9. The van der Waals surface area contributed by atoms with Crippen LogP contribution in [0.2, 0.25) is 0 Å². The lowest BCUT2D eigenvalue weighted by Crippen LogP contribution is -2.19. The molecule has 0 aliphatic heterocycles. The minimum Gasteiger partial charge on any atom is -0.365 e. The van der Waals surface area contributed by atoms with Crippen LogP contribution in [0.5, 0.6) is 0 Å². The topological polar surface area (TPSA) is 119 Å². The van der Waals surface area contributed by atoms with E-state index in [1.165, 1.54) is 17.0 Å². The third kappa shape index (κ3) is 4.29. The van der Waals surface area contributed by atoms with E-state index in [4.69, 9.17) is 5.73 Å². The van der Waals surface area contributed by atoms with Crippen LogP contribution in [0.1, 0.15) is 15.9 Å². The summed E-state index contributed by atoms with van der Waals surface area (Å²) in [5.41, 5.74) is 6.72. The molecule has 0 spiro atoms. The Morgan fingerprint density at radius 2 is 1.92 bits per heavy atom. The lowest BCUT2D eigenvalue weighted by Gasteiger charge is -2.06. The number of rotatable bonds is 6. The van der Waals surface area contributed by atoms with Crippen molar-refractivity contribution < 1.29 is 14.4 Å². The van der Waals surface area contributed by atoms with Crippen molar-refractivity contribution in [3.8, 4) is 0 Å². The van der Waals surface area contributed by atoms with Crippen LogP contribution in [0, 0.1) is 0 Å². The zero-order chi connectivity index (χ0) is 17.7. The van der Waals surface area contributed by atoms with Crippen molar-refractivity contribution in [3.05, 3.63) is 54.2 Å². The van der Waals surface area contributed by atoms with Gasteiger partial charge in [-0.15, -0.1) is 0 Å². The molecule has 0 fully saturated rings. The van der Waals surface area contributed by atoms with Gasteiger partial charge in [0.1, 0.15) is 5.56 Å². The first-order valence-corrected chi connectivity index (χ1v) is 7.04. The van der Waals surface area contributed by atoms with Crippen molar-refractivity contribution in [3.63, 3.8) is 0 Å². The number of nitrogens with two attached hydrogens (primary N) is 1. The third-order valence-electron chi connectivity index (χ3n) is 3.12. The van der Waals surface area contributed by atoms with Crippen LogP contribution in [0.15, 0.2) is 43.1 Å². The average molecular weight is 327 g/mol. The molecule has 0 radical (unpaired) electrons. The predicted molar refractivity (Wildman–Crippen MR) is 89.3 cm³/mol. The molecule has 0 unspecified atom stereocenters. The van der Waals surface area contributed by atoms with E-state index >= 15 is 0 Å². The maximum Gasteiger partial charge on any atom is 0.254 e. The number of carbonyl (C=O) groups is 3. The predicted octanol–water partition coefficient (Wildman–Crippen LogP) is 0.825. The molecular weight excluding hydrogens is 310 g/mol. The molecule has 8 heteroatoms. The molecule has 1 aromatic carbocycles. The van der Waals surface area contributed by atoms with Gasteiger partial charge < -0.3 is 16.4 Å². The molecule has 3 amide bonds. The van der Waals surface area contributed by atoms with Gasteiger partial charge in [-0.2, -0.15) is 5.10 Å². The van der Waals surface area contributed by atoms with E-state index in [-0.39, 0.29) is 29.6 Å². The number of benzene rings is 1. The summed E-state index contributed by atoms with van der Waals surface area (Å²) in [5, 5.41) is 9.17. The summed E-state index contributed by atoms with van der Waals surface area (Å²) in [5.74, 6) is -1.18. The second-order valence-corrected chi connectivity index (χ2v) is 5.04. The lowest BCUT2D eigenvalue weighted by molar-refractivity contribution is -0.115. The van der Waals surface area contributed by atoms with E-state index < -0.39 is 5.91 Å². The quantitative estimate of drug-likeness (QED) is 0.681. The van der Waals surface area contributed by atoms with E-state index in [0.29, 0.717) is 5.69 Å². The Balaban J connectivity index is 2.01. The Bertz CT molecular complexity index is 793. The summed E-state index contributed by atoms with van der Waals surface area (Å²) in [6.45, 7) is 3.37.